The number of hydrogen-bond acceptors (Lipinski definition) is 10. The Morgan fingerprint density at radius 3 is 1.54 bits per heavy atom. The third-order valence-electron chi connectivity index (χ3n) is 10.4. The molecule has 0 unspecified atom stereocenters. The van der Waals surface area contributed by atoms with E-state index in [1.165, 1.54) is 122 Å². The van der Waals surface area contributed by atoms with Crippen molar-refractivity contribution in [1.82, 2.24) is 0 Å². The van der Waals surface area contributed by atoms with Crippen molar-refractivity contribution in [2.24, 2.45) is 0 Å². The molecule has 9 atom stereocenters. The Hall–Kier alpha value is -0.400. The Bertz CT molecular complexity index is 760. The smallest absolute Gasteiger partial charge is 0.187 e. The lowest BCUT2D eigenvalue weighted by Crippen LogP contribution is -2.61. The van der Waals surface area contributed by atoms with E-state index >= 15 is 0 Å². The summed E-state index contributed by atoms with van der Waals surface area (Å²) in [7, 11) is 0. The van der Waals surface area contributed by atoms with E-state index in [0.29, 0.717) is 13.2 Å². The van der Waals surface area contributed by atoms with Gasteiger partial charge in [0.15, 0.2) is 6.29 Å². The van der Waals surface area contributed by atoms with E-state index in [9.17, 15) is 25.5 Å². The number of aliphatic hydroxyl groups excluding tert-OH is 5. The average Bonchev–Trinajstić information content (AvgIpc) is 3.48. The van der Waals surface area contributed by atoms with Gasteiger partial charge in [-0.05, 0) is 12.8 Å². The molecule has 2 aliphatic rings. The first-order valence-electron chi connectivity index (χ1n) is 20.9. The van der Waals surface area contributed by atoms with E-state index < -0.39 is 61.7 Å². The summed E-state index contributed by atoms with van der Waals surface area (Å²) in [5.41, 5.74) is 0. The molecule has 2 saturated heterocycles. The lowest BCUT2D eigenvalue weighted by molar-refractivity contribution is -0.325. The molecule has 0 aromatic rings. The maximum Gasteiger partial charge on any atom is 0.187 e. The van der Waals surface area contributed by atoms with Crippen molar-refractivity contribution in [3.8, 4) is 0 Å². The summed E-state index contributed by atoms with van der Waals surface area (Å²) >= 11 is 0. The van der Waals surface area contributed by atoms with Crippen molar-refractivity contribution in [3.63, 3.8) is 0 Å². The maximum absolute atomic E-state index is 11.1. The first kappa shape index (κ1) is 45.8. The van der Waals surface area contributed by atoms with Crippen molar-refractivity contribution >= 4 is 0 Å². The van der Waals surface area contributed by atoms with Crippen LogP contribution in [-0.4, -0.2) is 114 Å². The first-order chi connectivity index (χ1) is 24.4. The quantitative estimate of drug-likeness (QED) is 0.0463. The zero-order chi connectivity index (χ0) is 36.2. The zero-order valence-corrected chi connectivity index (χ0v) is 32.0. The van der Waals surface area contributed by atoms with Crippen LogP contribution in [0.15, 0.2) is 0 Å². The van der Waals surface area contributed by atoms with Crippen LogP contribution in [0.4, 0.5) is 0 Å². The van der Waals surface area contributed by atoms with Crippen LogP contribution >= 0.6 is 0 Å². The molecule has 0 amide bonds. The number of hydrogen-bond donors (Lipinski definition) is 5. The topological polar surface area (TPSA) is 147 Å². The molecule has 0 spiro atoms. The second-order valence-electron chi connectivity index (χ2n) is 14.9. The molecule has 0 bridgehead atoms. The van der Waals surface area contributed by atoms with E-state index in [0.717, 1.165) is 32.1 Å². The largest absolute Gasteiger partial charge is 0.394 e. The molecule has 5 N–H and O–H groups in total. The van der Waals surface area contributed by atoms with Gasteiger partial charge in [-0.15, -0.1) is 0 Å². The van der Waals surface area contributed by atoms with Gasteiger partial charge >= 0.3 is 0 Å². The molecule has 0 aromatic carbocycles. The van der Waals surface area contributed by atoms with Crippen LogP contribution in [0.1, 0.15) is 168 Å². The van der Waals surface area contributed by atoms with Crippen molar-refractivity contribution < 1.29 is 49.2 Å². The van der Waals surface area contributed by atoms with E-state index in [1.807, 2.05) is 0 Å². The highest BCUT2D eigenvalue weighted by Crippen LogP contribution is 2.30. The van der Waals surface area contributed by atoms with E-state index in [2.05, 4.69) is 13.8 Å². The molecule has 298 valence electrons. The SMILES string of the molecule is CCCCCCCCCCCCCCOC[C@@H](O)[C@@H]1OC[C@H](O)[C@H]1O[C@@H]1O[C@H](CO)[C@H](O)[C@H](OCCCCCCCCCCCCCC)[C@H]1O. The highest BCUT2D eigenvalue weighted by Gasteiger charge is 2.50. The minimum Gasteiger partial charge on any atom is -0.394 e. The third-order valence-corrected chi connectivity index (χ3v) is 10.4. The van der Waals surface area contributed by atoms with Crippen LogP contribution in [0.5, 0.6) is 0 Å². The van der Waals surface area contributed by atoms with Gasteiger partial charge < -0.3 is 49.2 Å². The van der Waals surface area contributed by atoms with Crippen LogP contribution in [-0.2, 0) is 23.7 Å². The fraction of sp³-hybridized carbons (Fsp3) is 1.00. The fourth-order valence-corrected chi connectivity index (χ4v) is 7.14. The van der Waals surface area contributed by atoms with Crippen molar-refractivity contribution in [2.75, 3.05) is 33.0 Å². The number of aliphatic hydroxyl groups is 5. The Morgan fingerprint density at radius 2 is 1.06 bits per heavy atom. The van der Waals surface area contributed by atoms with Crippen LogP contribution in [0.2, 0.25) is 0 Å². The van der Waals surface area contributed by atoms with Gasteiger partial charge in [-0.3, -0.25) is 0 Å². The molecular formula is C40H78O10. The predicted molar refractivity (Wildman–Crippen MR) is 197 cm³/mol. The minimum absolute atomic E-state index is 0.0338. The molecule has 2 fully saturated rings. The molecular weight excluding hydrogens is 640 g/mol. The van der Waals surface area contributed by atoms with Gasteiger partial charge in [0.05, 0.1) is 19.8 Å². The molecule has 0 aromatic heterocycles. The lowest BCUT2D eigenvalue weighted by Gasteiger charge is -2.43. The maximum atomic E-state index is 11.1. The monoisotopic (exact) mass is 719 g/mol. The van der Waals surface area contributed by atoms with Gasteiger partial charge in [0.25, 0.3) is 0 Å². The fourth-order valence-electron chi connectivity index (χ4n) is 7.14. The number of rotatable bonds is 33. The second kappa shape index (κ2) is 30.0. The van der Waals surface area contributed by atoms with E-state index in [-0.39, 0.29) is 13.2 Å². The zero-order valence-electron chi connectivity index (χ0n) is 32.0. The second-order valence-corrected chi connectivity index (χ2v) is 14.9. The molecule has 0 radical (unpaired) electrons. The number of ether oxygens (including phenoxy) is 5. The van der Waals surface area contributed by atoms with Crippen molar-refractivity contribution in [3.05, 3.63) is 0 Å². The third kappa shape index (κ3) is 19.1. The predicted octanol–water partition coefficient (Wildman–Crippen LogP) is 6.74. The summed E-state index contributed by atoms with van der Waals surface area (Å²) in [4.78, 5) is 0. The summed E-state index contributed by atoms with van der Waals surface area (Å²) in [6, 6.07) is 0. The highest BCUT2D eigenvalue weighted by molar-refractivity contribution is 4.94. The van der Waals surface area contributed by atoms with E-state index in [1.54, 1.807) is 0 Å². The minimum atomic E-state index is -1.36. The Labute approximate surface area is 304 Å². The average molecular weight is 719 g/mol. The van der Waals surface area contributed by atoms with Crippen LogP contribution < -0.4 is 0 Å². The van der Waals surface area contributed by atoms with Gasteiger partial charge in [-0.25, -0.2) is 0 Å². The summed E-state index contributed by atoms with van der Waals surface area (Å²) in [6.45, 7) is 4.89. The summed E-state index contributed by atoms with van der Waals surface area (Å²) in [5.74, 6) is 0. The molecule has 2 heterocycles. The van der Waals surface area contributed by atoms with Crippen LogP contribution in [0.25, 0.3) is 0 Å². The lowest BCUT2D eigenvalue weighted by atomic mass is 9.98. The van der Waals surface area contributed by atoms with Crippen molar-refractivity contribution in [1.29, 1.82) is 0 Å². The normalized spacial score (nSPS) is 27.7. The molecule has 10 heteroatoms. The van der Waals surface area contributed by atoms with Crippen LogP contribution in [0, 0.1) is 0 Å². The number of unbranched alkanes of at least 4 members (excludes halogenated alkanes) is 22. The molecule has 0 aliphatic carbocycles. The van der Waals surface area contributed by atoms with Gasteiger partial charge in [0.2, 0.25) is 0 Å². The summed E-state index contributed by atoms with van der Waals surface area (Å²) in [6.07, 6.45) is 19.9. The highest BCUT2D eigenvalue weighted by atomic mass is 16.7. The van der Waals surface area contributed by atoms with Gasteiger partial charge in [0, 0.05) is 13.2 Å². The van der Waals surface area contributed by atoms with Gasteiger partial charge in [-0.2, -0.15) is 0 Å². The molecule has 50 heavy (non-hydrogen) atoms. The molecule has 2 rings (SSSR count). The van der Waals surface area contributed by atoms with Gasteiger partial charge in [-0.1, -0.05) is 155 Å². The molecule has 2 aliphatic heterocycles. The Balaban J connectivity index is 1.64. The molecule has 0 saturated carbocycles. The summed E-state index contributed by atoms with van der Waals surface area (Å²) in [5, 5.41) is 53.2. The van der Waals surface area contributed by atoms with Crippen molar-refractivity contribution in [2.45, 2.75) is 223 Å². The van der Waals surface area contributed by atoms with Crippen LogP contribution in [0.3, 0.4) is 0 Å². The van der Waals surface area contributed by atoms with Gasteiger partial charge in [0.1, 0.15) is 48.8 Å². The Kier molecular flexibility index (Phi) is 27.4. The standard InChI is InChI=1S/C40H78O10/c1-3-5-7-9-11-13-15-17-19-21-23-25-27-46-30-32(42)37-38(33(43)31-48-37)50-40-36(45)39(35(44)34(29-41)49-40)47-28-26-24-22-20-18-16-14-12-10-8-6-4-2/h32-45H,3-31H2,1-2H3/t32-,33+,34-,35+,36-,37+,38-,39+,40+/m1/s1. The first-order valence-corrected chi connectivity index (χ1v) is 20.9. The summed E-state index contributed by atoms with van der Waals surface area (Å²) < 4.78 is 29.0. The van der Waals surface area contributed by atoms with E-state index in [4.69, 9.17) is 23.7 Å². The molecule has 10 nitrogen and oxygen atoms in total. The Morgan fingerprint density at radius 1 is 0.600 bits per heavy atom.